The summed E-state index contributed by atoms with van der Waals surface area (Å²) in [5.41, 5.74) is 0.629. The third-order valence-corrected chi connectivity index (χ3v) is 3.88. The molecule has 0 aliphatic rings. The van der Waals surface area contributed by atoms with E-state index in [1.807, 2.05) is 24.3 Å². The minimum atomic E-state index is 0.629. The Hall–Kier alpha value is -1.31. The molecule has 1 heterocycles. The van der Waals surface area contributed by atoms with E-state index in [0.717, 1.165) is 14.4 Å². The van der Waals surface area contributed by atoms with E-state index < -0.39 is 0 Å². The first kappa shape index (κ1) is 11.2. The molecule has 0 bridgehead atoms. The summed E-state index contributed by atoms with van der Waals surface area (Å²) in [7, 11) is 0. The second-order valence-corrected chi connectivity index (χ2v) is 4.94. The summed E-state index contributed by atoms with van der Waals surface area (Å²) in [4.78, 5) is 5.30. The summed E-state index contributed by atoms with van der Waals surface area (Å²) in [6.45, 7) is 0. The molecule has 0 radical (unpaired) electrons. The van der Waals surface area contributed by atoms with Crippen LogP contribution >= 0.6 is 27.7 Å². The molecule has 0 fully saturated rings. The highest BCUT2D eigenvalue weighted by molar-refractivity contribution is 9.10. The molecule has 0 N–H and O–H groups in total. The average Bonchev–Trinajstić information content (AvgIpc) is 2.32. The first-order valence-corrected chi connectivity index (χ1v) is 6.19. The van der Waals surface area contributed by atoms with Crippen LogP contribution in [0.15, 0.2) is 57.0 Å². The molecule has 2 aromatic rings. The summed E-state index contributed by atoms with van der Waals surface area (Å²) in [5.74, 6) is 0. The molecule has 0 aliphatic heterocycles. The van der Waals surface area contributed by atoms with Crippen molar-refractivity contribution in [3.63, 3.8) is 0 Å². The summed E-state index contributed by atoms with van der Waals surface area (Å²) in [5, 5.41) is 9.61. The van der Waals surface area contributed by atoms with E-state index in [-0.39, 0.29) is 0 Å². The Morgan fingerprint density at radius 1 is 1.25 bits per heavy atom. The van der Waals surface area contributed by atoms with Gasteiger partial charge in [-0.1, -0.05) is 23.9 Å². The molecule has 2 rings (SSSR count). The predicted octanol–water partition coefficient (Wildman–Crippen LogP) is 3.87. The molecule has 0 aliphatic carbocycles. The topological polar surface area (TPSA) is 36.7 Å². The smallest absolute Gasteiger partial charge is 0.102 e. The maximum absolute atomic E-state index is 8.79. The Balaban J connectivity index is 2.28. The molecule has 4 heteroatoms. The molecule has 2 nitrogen and oxygen atoms in total. The lowest BCUT2D eigenvalue weighted by Crippen LogP contribution is -1.82. The minimum absolute atomic E-state index is 0.629. The molecular formula is C12H7BrN2S. The van der Waals surface area contributed by atoms with Gasteiger partial charge in [0.05, 0.1) is 11.6 Å². The summed E-state index contributed by atoms with van der Waals surface area (Å²) in [6.07, 6.45) is 1.65. The molecule has 0 unspecified atom stereocenters. The van der Waals surface area contributed by atoms with Gasteiger partial charge in [0, 0.05) is 15.6 Å². The van der Waals surface area contributed by atoms with Gasteiger partial charge in [-0.15, -0.1) is 0 Å². The van der Waals surface area contributed by atoms with Gasteiger partial charge < -0.3 is 0 Å². The first-order valence-electron chi connectivity index (χ1n) is 4.58. The standard InChI is InChI=1S/C12H7BrN2S/c13-10-3-1-2-4-11(10)16-12-7-9(8-14)5-6-15-12/h1-7H. The van der Waals surface area contributed by atoms with E-state index in [0.29, 0.717) is 5.56 Å². The Morgan fingerprint density at radius 2 is 2.06 bits per heavy atom. The van der Waals surface area contributed by atoms with Crippen LogP contribution in [0.2, 0.25) is 0 Å². The predicted molar refractivity (Wildman–Crippen MR) is 67.2 cm³/mol. The number of hydrogen-bond donors (Lipinski definition) is 0. The van der Waals surface area contributed by atoms with E-state index in [1.54, 1.807) is 18.3 Å². The van der Waals surface area contributed by atoms with Crippen LogP contribution in [-0.2, 0) is 0 Å². The van der Waals surface area contributed by atoms with Crippen molar-refractivity contribution in [1.29, 1.82) is 5.26 Å². The number of benzene rings is 1. The quantitative estimate of drug-likeness (QED) is 0.842. The molecular weight excluding hydrogens is 284 g/mol. The fourth-order valence-electron chi connectivity index (χ4n) is 1.17. The zero-order chi connectivity index (χ0) is 11.4. The molecule has 1 aromatic heterocycles. The Kier molecular flexibility index (Phi) is 3.60. The summed E-state index contributed by atoms with van der Waals surface area (Å²) in [6, 6.07) is 13.5. The number of nitriles is 1. The second kappa shape index (κ2) is 5.15. The fourth-order valence-corrected chi connectivity index (χ4v) is 2.54. The SMILES string of the molecule is N#Cc1ccnc(Sc2ccccc2Br)c1. The van der Waals surface area contributed by atoms with E-state index >= 15 is 0 Å². The number of halogens is 1. The Morgan fingerprint density at radius 3 is 2.81 bits per heavy atom. The van der Waals surface area contributed by atoms with Gasteiger partial charge in [-0.2, -0.15) is 5.26 Å². The van der Waals surface area contributed by atoms with Crippen LogP contribution in [0.1, 0.15) is 5.56 Å². The van der Waals surface area contributed by atoms with E-state index in [9.17, 15) is 0 Å². The number of hydrogen-bond acceptors (Lipinski definition) is 3. The van der Waals surface area contributed by atoms with Crippen molar-refractivity contribution in [2.75, 3.05) is 0 Å². The molecule has 0 atom stereocenters. The maximum atomic E-state index is 8.79. The Bertz CT molecular complexity index is 549. The molecule has 0 saturated heterocycles. The fraction of sp³-hybridized carbons (Fsp3) is 0. The number of rotatable bonds is 2. The molecule has 0 saturated carbocycles. The van der Waals surface area contributed by atoms with Crippen LogP contribution in [0.5, 0.6) is 0 Å². The highest BCUT2D eigenvalue weighted by Crippen LogP contribution is 2.32. The van der Waals surface area contributed by atoms with Crippen LogP contribution in [0.25, 0.3) is 0 Å². The van der Waals surface area contributed by atoms with Gasteiger partial charge in [0.2, 0.25) is 0 Å². The van der Waals surface area contributed by atoms with Gasteiger partial charge in [0.25, 0.3) is 0 Å². The minimum Gasteiger partial charge on any atom is -0.250 e. The molecule has 0 spiro atoms. The maximum Gasteiger partial charge on any atom is 0.102 e. The molecule has 78 valence electrons. The first-order chi connectivity index (χ1) is 7.79. The monoisotopic (exact) mass is 290 g/mol. The summed E-state index contributed by atoms with van der Waals surface area (Å²) >= 11 is 5.01. The second-order valence-electron chi connectivity index (χ2n) is 3.03. The number of aromatic nitrogens is 1. The third-order valence-electron chi connectivity index (χ3n) is 1.92. The highest BCUT2D eigenvalue weighted by Gasteiger charge is 2.03. The normalized spacial score (nSPS) is 9.75. The van der Waals surface area contributed by atoms with Crippen molar-refractivity contribution in [3.8, 4) is 6.07 Å². The lowest BCUT2D eigenvalue weighted by atomic mass is 10.3. The lowest BCUT2D eigenvalue weighted by Gasteiger charge is -2.02. The number of nitrogens with zero attached hydrogens (tertiary/aromatic N) is 2. The van der Waals surface area contributed by atoms with Crippen molar-refractivity contribution in [2.24, 2.45) is 0 Å². The van der Waals surface area contributed by atoms with Crippen molar-refractivity contribution < 1.29 is 0 Å². The van der Waals surface area contributed by atoms with Gasteiger partial charge in [-0.05, 0) is 40.2 Å². The highest BCUT2D eigenvalue weighted by atomic mass is 79.9. The van der Waals surface area contributed by atoms with Crippen LogP contribution in [0.3, 0.4) is 0 Å². The van der Waals surface area contributed by atoms with Crippen molar-refractivity contribution in [1.82, 2.24) is 4.98 Å². The van der Waals surface area contributed by atoms with Gasteiger partial charge in [0.15, 0.2) is 0 Å². The number of pyridine rings is 1. The summed E-state index contributed by atoms with van der Waals surface area (Å²) < 4.78 is 1.03. The lowest BCUT2D eigenvalue weighted by molar-refractivity contribution is 1.12. The van der Waals surface area contributed by atoms with Crippen LogP contribution in [0, 0.1) is 11.3 Å². The zero-order valence-electron chi connectivity index (χ0n) is 8.22. The van der Waals surface area contributed by atoms with Gasteiger partial charge >= 0.3 is 0 Å². The van der Waals surface area contributed by atoms with Crippen LogP contribution in [-0.4, -0.2) is 4.98 Å². The molecule has 0 amide bonds. The largest absolute Gasteiger partial charge is 0.250 e. The van der Waals surface area contributed by atoms with E-state index in [1.165, 1.54) is 11.8 Å². The zero-order valence-corrected chi connectivity index (χ0v) is 10.6. The van der Waals surface area contributed by atoms with Crippen molar-refractivity contribution in [2.45, 2.75) is 9.92 Å². The van der Waals surface area contributed by atoms with Crippen molar-refractivity contribution in [3.05, 3.63) is 52.6 Å². The molecule has 1 aromatic carbocycles. The third kappa shape index (κ3) is 2.63. The van der Waals surface area contributed by atoms with Crippen LogP contribution < -0.4 is 0 Å². The van der Waals surface area contributed by atoms with E-state index in [4.69, 9.17) is 5.26 Å². The van der Waals surface area contributed by atoms with E-state index in [2.05, 4.69) is 27.0 Å². The van der Waals surface area contributed by atoms with Gasteiger partial charge in [-0.25, -0.2) is 4.98 Å². The van der Waals surface area contributed by atoms with Crippen molar-refractivity contribution >= 4 is 27.7 Å². The van der Waals surface area contributed by atoms with Gasteiger partial charge in [0.1, 0.15) is 5.03 Å². The average molecular weight is 291 g/mol. The molecule has 16 heavy (non-hydrogen) atoms. The van der Waals surface area contributed by atoms with Gasteiger partial charge in [-0.3, -0.25) is 0 Å². The van der Waals surface area contributed by atoms with Crippen LogP contribution in [0.4, 0.5) is 0 Å². The Labute approximate surface area is 106 Å².